The zero-order valence-corrected chi connectivity index (χ0v) is 21.9. The first-order valence-corrected chi connectivity index (χ1v) is 13.5. The van der Waals surface area contributed by atoms with Gasteiger partial charge < -0.3 is 32.1 Å². The van der Waals surface area contributed by atoms with Crippen molar-refractivity contribution >= 4 is 11.8 Å². The molecule has 1 aromatic carbocycles. The second-order valence-corrected chi connectivity index (χ2v) is 9.29. The number of phenolic OH excluding ortho intramolecular Hbond substituents is 1. The van der Waals surface area contributed by atoms with Crippen LogP contribution in [0.2, 0.25) is 0 Å². The quantitative estimate of drug-likeness (QED) is 0.147. The fourth-order valence-corrected chi connectivity index (χ4v) is 3.85. The summed E-state index contributed by atoms with van der Waals surface area (Å²) in [6.45, 7) is 9.37. The van der Waals surface area contributed by atoms with Gasteiger partial charge in [-0.3, -0.25) is 9.59 Å². The van der Waals surface area contributed by atoms with Crippen molar-refractivity contribution in [2.75, 3.05) is 39.3 Å². The Labute approximate surface area is 212 Å². The molecule has 2 amide bonds. The lowest BCUT2D eigenvalue weighted by Gasteiger charge is -2.19. The zero-order chi connectivity index (χ0) is 25.7. The van der Waals surface area contributed by atoms with Gasteiger partial charge in [-0.1, -0.05) is 38.8 Å². The summed E-state index contributed by atoms with van der Waals surface area (Å²) in [5.41, 5.74) is 6.72. The van der Waals surface area contributed by atoms with Crippen molar-refractivity contribution < 1.29 is 14.7 Å². The topological polar surface area (TPSA) is 129 Å². The molecule has 0 aliphatic rings. The molecule has 8 heteroatoms. The van der Waals surface area contributed by atoms with Crippen molar-refractivity contribution in [2.45, 2.75) is 77.7 Å². The first-order valence-electron chi connectivity index (χ1n) is 13.5. The number of hydrogen-bond acceptors (Lipinski definition) is 6. The summed E-state index contributed by atoms with van der Waals surface area (Å²) in [6, 6.07) is 6.10. The number of carbonyl (C=O) groups is 2. The van der Waals surface area contributed by atoms with Crippen molar-refractivity contribution in [2.24, 2.45) is 11.7 Å². The summed E-state index contributed by atoms with van der Waals surface area (Å²) < 4.78 is 0. The summed E-state index contributed by atoms with van der Waals surface area (Å²) >= 11 is 0. The van der Waals surface area contributed by atoms with Crippen LogP contribution in [-0.4, -0.2) is 62.2 Å². The Morgan fingerprint density at radius 2 is 1.60 bits per heavy atom. The third-order valence-electron chi connectivity index (χ3n) is 6.02. The summed E-state index contributed by atoms with van der Waals surface area (Å²) in [5.74, 6) is 0.469. The van der Waals surface area contributed by atoms with E-state index >= 15 is 0 Å². The SMILES string of the molecule is CCCCC(CN)CNCCCNCCCCNC(=O)[C@H](Cc1ccc(O)cc1)NC(=O)CCC. The Kier molecular flexibility index (Phi) is 17.7. The van der Waals surface area contributed by atoms with Crippen LogP contribution < -0.4 is 27.0 Å². The third kappa shape index (κ3) is 15.4. The molecule has 0 aromatic heterocycles. The van der Waals surface area contributed by atoms with Crippen LogP contribution >= 0.6 is 0 Å². The van der Waals surface area contributed by atoms with E-state index < -0.39 is 6.04 Å². The van der Waals surface area contributed by atoms with Gasteiger partial charge >= 0.3 is 0 Å². The summed E-state index contributed by atoms with van der Waals surface area (Å²) in [5, 5.41) is 22.2. The van der Waals surface area contributed by atoms with Crippen LogP contribution in [0.5, 0.6) is 5.75 Å². The van der Waals surface area contributed by atoms with Crippen LogP contribution in [0.4, 0.5) is 0 Å². The number of nitrogens with one attached hydrogen (secondary N) is 4. The van der Waals surface area contributed by atoms with E-state index in [0.717, 1.165) is 64.0 Å². The molecule has 1 unspecified atom stereocenters. The fraction of sp³-hybridized carbons (Fsp3) is 0.704. The van der Waals surface area contributed by atoms with Crippen LogP contribution in [0, 0.1) is 5.92 Å². The number of nitrogens with two attached hydrogens (primary N) is 1. The number of unbranched alkanes of at least 4 members (excludes halogenated alkanes) is 2. The second-order valence-electron chi connectivity index (χ2n) is 9.29. The molecule has 0 radical (unpaired) electrons. The highest BCUT2D eigenvalue weighted by molar-refractivity contribution is 5.87. The lowest BCUT2D eigenvalue weighted by molar-refractivity contribution is -0.129. The predicted octanol–water partition coefficient (Wildman–Crippen LogP) is 2.45. The first-order chi connectivity index (χ1) is 17.0. The maximum Gasteiger partial charge on any atom is 0.242 e. The molecule has 8 nitrogen and oxygen atoms in total. The Balaban J connectivity index is 2.19. The van der Waals surface area contributed by atoms with Crippen molar-refractivity contribution in [3.63, 3.8) is 0 Å². The Bertz CT molecular complexity index is 684. The molecule has 35 heavy (non-hydrogen) atoms. The highest BCUT2D eigenvalue weighted by Crippen LogP contribution is 2.12. The molecule has 0 bridgehead atoms. The van der Waals surface area contributed by atoms with E-state index in [-0.39, 0.29) is 17.6 Å². The number of benzene rings is 1. The summed E-state index contributed by atoms with van der Waals surface area (Å²) in [7, 11) is 0. The normalized spacial score (nSPS) is 12.8. The van der Waals surface area contributed by atoms with Gasteiger partial charge in [0.2, 0.25) is 11.8 Å². The number of phenols is 1. The molecule has 0 saturated heterocycles. The highest BCUT2D eigenvalue weighted by Gasteiger charge is 2.20. The molecule has 0 heterocycles. The van der Waals surface area contributed by atoms with Crippen molar-refractivity contribution in [1.29, 1.82) is 0 Å². The van der Waals surface area contributed by atoms with Gasteiger partial charge in [-0.2, -0.15) is 0 Å². The summed E-state index contributed by atoms with van der Waals surface area (Å²) in [4.78, 5) is 24.8. The first kappa shape index (κ1) is 30.9. The van der Waals surface area contributed by atoms with Gasteiger partial charge in [0.05, 0.1) is 0 Å². The van der Waals surface area contributed by atoms with Crippen molar-refractivity contribution in [1.82, 2.24) is 21.3 Å². The largest absolute Gasteiger partial charge is 0.508 e. The Morgan fingerprint density at radius 1 is 0.914 bits per heavy atom. The average molecular weight is 492 g/mol. The average Bonchev–Trinajstić information content (AvgIpc) is 2.85. The van der Waals surface area contributed by atoms with Gasteiger partial charge in [0, 0.05) is 19.4 Å². The lowest BCUT2D eigenvalue weighted by Crippen LogP contribution is -2.48. The van der Waals surface area contributed by atoms with Gasteiger partial charge in [0.15, 0.2) is 0 Å². The minimum atomic E-state index is -0.620. The van der Waals surface area contributed by atoms with Crippen molar-refractivity contribution in [3.05, 3.63) is 29.8 Å². The molecule has 1 aromatic rings. The van der Waals surface area contributed by atoms with Crippen LogP contribution in [-0.2, 0) is 16.0 Å². The zero-order valence-electron chi connectivity index (χ0n) is 21.9. The van der Waals surface area contributed by atoms with Gasteiger partial charge in [-0.15, -0.1) is 0 Å². The highest BCUT2D eigenvalue weighted by atomic mass is 16.3. The number of hydrogen-bond donors (Lipinski definition) is 6. The molecule has 0 aliphatic heterocycles. The van der Waals surface area contributed by atoms with Gasteiger partial charge in [-0.25, -0.2) is 0 Å². The molecule has 0 fully saturated rings. The fourth-order valence-electron chi connectivity index (χ4n) is 3.85. The second kappa shape index (κ2) is 20.1. The van der Waals surface area contributed by atoms with Crippen LogP contribution in [0.25, 0.3) is 0 Å². The monoisotopic (exact) mass is 491 g/mol. The molecule has 0 aliphatic carbocycles. The number of aromatic hydroxyl groups is 1. The standard InChI is InChI=1S/C27H49N5O3/c1-3-5-10-23(20-28)21-30-17-8-16-29-15-6-7-18-31-27(35)25(32-26(34)9-4-2)19-22-11-13-24(33)14-12-22/h11-14,23,25,29-30,33H,3-10,15-21,28H2,1-2H3,(H,31,35)(H,32,34)/t23?,25-/m0/s1. The molecule has 0 saturated carbocycles. The maximum atomic E-state index is 12.7. The maximum absolute atomic E-state index is 12.7. The van der Waals surface area contributed by atoms with E-state index in [0.29, 0.717) is 25.3 Å². The smallest absolute Gasteiger partial charge is 0.242 e. The van der Waals surface area contributed by atoms with Gasteiger partial charge in [-0.05, 0) is 88.4 Å². The minimum Gasteiger partial charge on any atom is -0.508 e. The van der Waals surface area contributed by atoms with E-state index in [1.807, 2.05) is 6.92 Å². The van der Waals surface area contributed by atoms with E-state index in [9.17, 15) is 14.7 Å². The molecule has 7 N–H and O–H groups in total. The van der Waals surface area contributed by atoms with Crippen LogP contribution in [0.3, 0.4) is 0 Å². The molecular formula is C27H49N5O3. The molecular weight excluding hydrogens is 442 g/mol. The van der Waals surface area contributed by atoms with E-state index in [1.54, 1.807) is 24.3 Å². The van der Waals surface area contributed by atoms with E-state index in [4.69, 9.17) is 5.73 Å². The number of carbonyl (C=O) groups excluding carboxylic acids is 2. The van der Waals surface area contributed by atoms with Gasteiger partial charge in [0.25, 0.3) is 0 Å². The minimum absolute atomic E-state index is 0.121. The third-order valence-corrected chi connectivity index (χ3v) is 6.02. The Hall–Kier alpha value is -2.16. The van der Waals surface area contributed by atoms with E-state index in [1.165, 1.54) is 19.3 Å². The van der Waals surface area contributed by atoms with Gasteiger partial charge in [0.1, 0.15) is 11.8 Å². The lowest BCUT2D eigenvalue weighted by atomic mass is 10.0. The molecule has 2 atom stereocenters. The molecule has 200 valence electrons. The number of rotatable bonds is 21. The number of amides is 2. The molecule has 1 rings (SSSR count). The summed E-state index contributed by atoms with van der Waals surface area (Å²) in [6.07, 6.45) is 8.13. The van der Waals surface area contributed by atoms with E-state index in [2.05, 4.69) is 28.2 Å². The Morgan fingerprint density at radius 3 is 2.29 bits per heavy atom. The predicted molar refractivity (Wildman–Crippen MR) is 143 cm³/mol. The molecule has 0 spiro atoms. The van der Waals surface area contributed by atoms with Crippen LogP contribution in [0.1, 0.15) is 70.8 Å². The van der Waals surface area contributed by atoms with Crippen LogP contribution in [0.15, 0.2) is 24.3 Å². The van der Waals surface area contributed by atoms with Crippen molar-refractivity contribution in [3.8, 4) is 5.75 Å².